The summed E-state index contributed by atoms with van der Waals surface area (Å²) in [7, 11) is 0. The van der Waals surface area contributed by atoms with Crippen molar-refractivity contribution in [3.8, 4) is 5.75 Å². The van der Waals surface area contributed by atoms with E-state index in [0.717, 1.165) is 35.7 Å². The third-order valence-corrected chi connectivity index (χ3v) is 3.30. The third-order valence-electron chi connectivity index (χ3n) is 3.30. The number of hydrogen-bond donors (Lipinski definition) is 1. The molecule has 0 bridgehead atoms. The minimum Gasteiger partial charge on any atom is -0.487 e. The Morgan fingerprint density at radius 1 is 1.30 bits per heavy atom. The molecular formula is C16H22N2O2. The van der Waals surface area contributed by atoms with E-state index in [9.17, 15) is 5.11 Å². The topological polar surface area (TPSA) is 47.3 Å². The Balaban J connectivity index is 2.08. The van der Waals surface area contributed by atoms with Crippen LogP contribution in [0, 0.1) is 0 Å². The first kappa shape index (κ1) is 14.6. The van der Waals surface area contributed by atoms with Gasteiger partial charge in [0.2, 0.25) is 0 Å². The lowest BCUT2D eigenvalue weighted by Crippen LogP contribution is -2.06. The Hall–Kier alpha value is -1.81. The highest BCUT2D eigenvalue weighted by atomic mass is 16.5. The van der Waals surface area contributed by atoms with Crippen molar-refractivity contribution >= 4 is 0 Å². The fraction of sp³-hybridized carbons (Fsp3) is 0.438. The van der Waals surface area contributed by atoms with Crippen LogP contribution in [0.25, 0.3) is 0 Å². The minimum atomic E-state index is -0.480. The highest BCUT2D eigenvalue weighted by Crippen LogP contribution is 2.20. The number of rotatable bonds is 6. The van der Waals surface area contributed by atoms with Crippen molar-refractivity contribution in [1.29, 1.82) is 0 Å². The number of benzene rings is 1. The summed E-state index contributed by atoms with van der Waals surface area (Å²) in [5, 5.41) is 14.1. The van der Waals surface area contributed by atoms with Crippen molar-refractivity contribution in [1.82, 2.24) is 9.78 Å². The zero-order chi connectivity index (χ0) is 14.5. The molecular weight excluding hydrogens is 252 g/mol. The Kier molecular flexibility index (Phi) is 4.79. The van der Waals surface area contributed by atoms with Gasteiger partial charge in [0.1, 0.15) is 12.4 Å². The van der Waals surface area contributed by atoms with E-state index in [1.54, 1.807) is 6.92 Å². The molecule has 1 aromatic heterocycles. The van der Waals surface area contributed by atoms with E-state index < -0.39 is 6.10 Å². The Bertz CT molecular complexity index is 561. The number of nitrogens with zero attached hydrogens (tertiary/aromatic N) is 2. The van der Waals surface area contributed by atoms with Crippen LogP contribution < -0.4 is 4.74 Å². The van der Waals surface area contributed by atoms with Crippen LogP contribution in [0.2, 0.25) is 0 Å². The van der Waals surface area contributed by atoms with Crippen LogP contribution in [-0.2, 0) is 19.6 Å². The molecule has 1 atom stereocenters. The lowest BCUT2D eigenvalue weighted by Gasteiger charge is -2.10. The molecule has 0 aliphatic heterocycles. The van der Waals surface area contributed by atoms with E-state index in [1.165, 1.54) is 0 Å². The summed E-state index contributed by atoms with van der Waals surface area (Å²) in [6.45, 7) is 7.25. The number of aryl methyl sites for hydroxylation is 2. The summed E-state index contributed by atoms with van der Waals surface area (Å²) in [5.74, 6) is 0.769. The molecule has 1 aromatic carbocycles. The minimum absolute atomic E-state index is 0.480. The number of aromatic nitrogens is 2. The summed E-state index contributed by atoms with van der Waals surface area (Å²) in [6.07, 6.45) is 0.448. The summed E-state index contributed by atoms with van der Waals surface area (Å²) < 4.78 is 7.78. The zero-order valence-corrected chi connectivity index (χ0v) is 12.3. The maximum absolute atomic E-state index is 9.58. The monoisotopic (exact) mass is 274 g/mol. The van der Waals surface area contributed by atoms with E-state index in [4.69, 9.17) is 4.74 Å². The number of aliphatic hydroxyl groups excluding tert-OH is 1. The van der Waals surface area contributed by atoms with Crippen LogP contribution in [0.15, 0.2) is 30.3 Å². The highest BCUT2D eigenvalue weighted by Gasteiger charge is 2.07. The zero-order valence-electron chi connectivity index (χ0n) is 12.3. The van der Waals surface area contributed by atoms with Crippen molar-refractivity contribution < 1.29 is 9.84 Å². The predicted octanol–water partition coefficient (Wildman–Crippen LogP) is 3.10. The van der Waals surface area contributed by atoms with Crippen LogP contribution in [-0.4, -0.2) is 14.9 Å². The fourth-order valence-corrected chi connectivity index (χ4v) is 2.10. The van der Waals surface area contributed by atoms with Crippen molar-refractivity contribution in [2.45, 2.75) is 46.4 Å². The van der Waals surface area contributed by atoms with Crippen LogP contribution in [0.3, 0.4) is 0 Å². The molecule has 0 amide bonds. The summed E-state index contributed by atoms with van der Waals surface area (Å²) in [4.78, 5) is 0. The molecule has 1 unspecified atom stereocenters. The Morgan fingerprint density at radius 3 is 2.75 bits per heavy atom. The van der Waals surface area contributed by atoms with Gasteiger partial charge in [-0.1, -0.05) is 19.1 Å². The molecule has 0 saturated carbocycles. The number of ether oxygens (including phenoxy) is 1. The maximum Gasteiger partial charge on any atom is 0.130 e. The molecule has 20 heavy (non-hydrogen) atoms. The van der Waals surface area contributed by atoms with E-state index in [-0.39, 0.29) is 0 Å². The molecule has 0 aliphatic carbocycles. The molecule has 4 nitrogen and oxygen atoms in total. The molecule has 4 heteroatoms. The maximum atomic E-state index is 9.58. The van der Waals surface area contributed by atoms with Crippen LogP contribution in [0.1, 0.15) is 43.8 Å². The van der Waals surface area contributed by atoms with E-state index >= 15 is 0 Å². The quantitative estimate of drug-likeness (QED) is 0.880. The second-order valence-corrected chi connectivity index (χ2v) is 4.83. The van der Waals surface area contributed by atoms with E-state index in [1.807, 2.05) is 28.9 Å². The Labute approximate surface area is 120 Å². The van der Waals surface area contributed by atoms with Gasteiger partial charge in [-0.15, -0.1) is 0 Å². The molecule has 2 aromatic rings. The smallest absolute Gasteiger partial charge is 0.130 e. The van der Waals surface area contributed by atoms with Gasteiger partial charge in [-0.05, 0) is 44.0 Å². The second-order valence-electron chi connectivity index (χ2n) is 4.83. The molecule has 0 aliphatic rings. The van der Waals surface area contributed by atoms with Crippen molar-refractivity contribution in [3.63, 3.8) is 0 Å². The lowest BCUT2D eigenvalue weighted by atomic mass is 10.1. The third kappa shape index (κ3) is 3.39. The second kappa shape index (κ2) is 6.57. The Morgan fingerprint density at radius 2 is 2.10 bits per heavy atom. The molecule has 0 spiro atoms. The molecule has 1 N–H and O–H groups in total. The van der Waals surface area contributed by atoms with Gasteiger partial charge in [0, 0.05) is 6.54 Å². The molecule has 0 radical (unpaired) electrons. The largest absolute Gasteiger partial charge is 0.487 e. The average molecular weight is 274 g/mol. The summed E-state index contributed by atoms with van der Waals surface area (Å²) in [5.41, 5.74) is 3.02. The van der Waals surface area contributed by atoms with Gasteiger partial charge in [0.05, 0.1) is 17.5 Å². The molecule has 0 fully saturated rings. The van der Waals surface area contributed by atoms with Crippen LogP contribution in [0.4, 0.5) is 0 Å². The summed E-state index contributed by atoms with van der Waals surface area (Å²) in [6, 6.07) is 9.65. The van der Waals surface area contributed by atoms with Gasteiger partial charge in [0.25, 0.3) is 0 Å². The average Bonchev–Trinajstić information content (AvgIpc) is 2.88. The van der Waals surface area contributed by atoms with Gasteiger partial charge < -0.3 is 9.84 Å². The molecule has 1 heterocycles. The van der Waals surface area contributed by atoms with E-state index in [0.29, 0.717) is 6.61 Å². The van der Waals surface area contributed by atoms with Crippen molar-refractivity contribution in [2.24, 2.45) is 0 Å². The first-order valence-corrected chi connectivity index (χ1v) is 7.10. The van der Waals surface area contributed by atoms with Crippen LogP contribution >= 0.6 is 0 Å². The van der Waals surface area contributed by atoms with Crippen molar-refractivity contribution in [2.75, 3.05) is 0 Å². The van der Waals surface area contributed by atoms with Gasteiger partial charge in [-0.2, -0.15) is 5.10 Å². The lowest BCUT2D eigenvalue weighted by molar-refractivity contribution is 0.198. The first-order chi connectivity index (χ1) is 9.63. The SMILES string of the molecule is CCc1cc(COc2cccc(C(C)O)c2)n(CC)n1. The first-order valence-electron chi connectivity index (χ1n) is 7.10. The molecule has 0 saturated heterocycles. The van der Waals surface area contributed by atoms with Gasteiger partial charge in [-0.25, -0.2) is 0 Å². The highest BCUT2D eigenvalue weighted by molar-refractivity contribution is 5.29. The van der Waals surface area contributed by atoms with Gasteiger partial charge in [-0.3, -0.25) is 4.68 Å². The van der Waals surface area contributed by atoms with Gasteiger partial charge >= 0.3 is 0 Å². The van der Waals surface area contributed by atoms with Gasteiger partial charge in [0.15, 0.2) is 0 Å². The fourth-order valence-electron chi connectivity index (χ4n) is 2.10. The predicted molar refractivity (Wildman–Crippen MR) is 78.7 cm³/mol. The molecule has 108 valence electrons. The number of hydrogen-bond acceptors (Lipinski definition) is 3. The van der Waals surface area contributed by atoms with Crippen molar-refractivity contribution in [3.05, 3.63) is 47.3 Å². The standard InChI is InChI=1S/C16H22N2O2/c1-4-14-10-15(18(5-2)17-14)11-20-16-8-6-7-13(9-16)12(3)19/h6-10,12,19H,4-5,11H2,1-3H3. The normalized spacial score (nSPS) is 12.4. The van der Waals surface area contributed by atoms with E-state index in [2.05, 4.69) is 25.0 Å². The number of aliphatic hydroxyl groups is 1. The van der Waals surface area contributed by atoms with Crippen LogP contribution in [0.5, 0.6) is 5.75 Å². The molecule has 2 rings (SSSR count). The summed E-state index contributed by atoms with van der Waals surface area (Å²) >= 11 is 0.